The van der Waals surface area contributed by atoms with Crippen molar-refractivity contribution in [3.05, 3.63) is 53.6 Å². The van der Waals surface area contributed by atoms with Gasteiger partial charge in [0.05, 0.1) is 17.1 Å². The number of carbonyl (C=O) groups excluding carboxylic acids is 2. The number of Topliss-reactive ketones (excluding diaryl/α,β-unsaturated/α-hetero) is 1. The molecular weight excluding hydrogens is 366 g/mol. The maximum Gasteiger partial charge on any atom is 0.262 e. The largest absolute Gasteiger partial charge is 0.482 e. The molecule has 8 nitrogen and oxygen atoms in total. The number of amides is 1. The summed E-state index contributed by atoms with van der Waals surface area (Å²) in [5.74, 6) is 0.391. The second-order valence-electron chi connectivity index (χ2n) is 5.97. The number of carbonyl (C=O) groups is 2. The number of ether oxygens (including phenoxy) is 1. The van der Waals surface area contributed by atoms with Gasteiger partial charge in [0.2, 0.25) is 5.16 Å². The van der Waals surface area contributed by atoms with Crippen molar-refractivity contribution in [2.75, 3.05) is 17.7 Å². The van der Waals surface area contributed by atoms with Gasteiger partial charge in [-0.05, 0) is 47.7 Å². The summed E-state index contributed by atoms with van der Waals surface area (Å²) in [5.41, 5.74) is 2.96. The lowest BCUT2D eigenvalue weighted by atomic mass is 10.1. The zero-order chi connectivity index (χ0) is 18.8. The van der Waals surface area contributed by atoms with Gasteiger partial charge in [0, 0.05) is 5.56 Å². The van der Waals surface area contributed by atoms with Crippen LogP contribution in [0.4, 0.5) is 5.69 Å². The van der Waals surface area contributed by atoms with Crippen LogP contribution in [0.2, 0.25) is 0 Å². The van der Waals surface area contributed by atoms with E-state index in [-0.39, 0.29) is 24.1 Å². The maximum atomic E-state index is 12.5. The van der Waals surface area contributed by atoms with Gasteiger partial charge in [-0.3, -0.25) is 9.59 Å². The fourth-order valence-electron chi connectivity index (χ4n) is 2.59. The number of tetrazole rings is 1. The van der Waals surface area contributed by atoms with Gasteiger partial charge in [-0.2, -0.15) is 4.68 Å². The molecule has 0 unspecified atom stereocenters. The van der Waals surface area contributed by atoms with Gasteiger partial charge in [0.1, 0.15) is 5.75 Å². The molecule has 0 fully saturated rings. The predicted molar refractivity (Wildman–Crippen MR) is 99.5 cm³/mol. The first kappa shape index (κ1) is 17.2. The predicted octanol–water partition coefficient (Wildman–Crippen LogP) is 2.28. The number of rotatable bonds is 5. The zero-order valence-electron chi connectivity index (χ0n) is 14.4. The van der Waals surface area contributed by atoms with Gasteiger partial charge in [0.25, 0.3) is 5.91 Å². The molecule has 0 aliphatic carbocycles. The van der Waals surface area contributed by atoms with Gasteiger partial charge in [-0.1, -0.05) is 29.5 Å². The maximum absolute atomic E-state index is 12.5. The Balaban J connectivity index is 1.48. The monoisotopic (exact) mass is 381 g/mol. The molecule has 1 aromatic heterocycles. The molecule has 1 N–H and O–H groups in total. The molecule has 0 atom stereocenters. The first-order valence-electron chi connectivity index (χ1n) is 8.18. The Labute approximate surface area is 158 Å². The first-order valence-corrected chi connectivity index (χ1v) is 9.17. The highest BCUT2D eigenvalue weighted by atomic mass is 32.2. The van der Waals surface area contributed by atoms with E-state index in [1.807, 2.05) is 31.2 Å². The molecule has 9 heteroatoms. The highest BCUT2D eigenvalue weighted by molar-refractivity contribution is 7.99. The van der Waals surface area contributed by atoms with Gasteiger partial charge in [0.15, 0.2) is 12.4 Å². The van der Waals surface area contributed by atoms with Crippen molar-refractivity contribution in [3.63, 3.8) is 0 Å². The van der Waals surface area contributed by atoms with E-state index in [1.54, 1.807) is 22.9 Å². The fraction of sp³-hybridized carbons (Fsp3) is 0.167. The number of anilines is 1. The first-order chi connectivity index (χ1) is 13.1. The van der Waals surface area contributed by atoms with E-state index >= 15 is 0 Å². The average molecular weight is 381 g/mol. The molecule has 4 rings (SSSR count). The summed E-state index contributed by atoms with van der Waals surface area (Å²) in [6.45, 7) is 1.99. The number of hydrogen-bond donors (Lipinski definition) is 1. The third-order valence-electron chi connectivity index (χ3n) is 3.99. The Morgan fingerprint density at radius 1 is 1.26 bits per heavy atom. The summed E-state index contributed by atoms with van der Waals surface area (Å²) in [7, 11) is 0. The van der Waals surface area contributed by atoms with Crippen LogP contribution in [0, 0.1) is 6.92 Å². The van der Waals surface area contributed by atoms with Crippen molar-refractivity contribution in [1.82, 2.24) is 20.2 Å². The lowest BCUT2D eigenvalue weighted by Gasteiger charge is -2.18. The third-order valence-corrected chi connectivity index (χ3v) is 4.91. The van der Waals surface area contributed by atoms with Crippen molar-refractivity contribution >= 4 is 29.1 Å². The smallest absolute Gasteiger partial charge is 0.262 e. The topological polar surface area (TPSA) is 99.0 Å². The summed E-state index contributed by atoms with van der Waals surface area (Å²) in [5, 5.41) is 14.9. The molecule has 136 valence electrons. The number of nitrogens with one attached hydrogen (secondary N) is 1. The number of aromatic nitrogens is 4. The second kappa shape index (κ2) is 7.20. The summed E-state index contributed by atoms with van der Waals surface area (Å²) in [4.78, 5) is 24.0. The number of hydrogen-bond acceptors (Lipinski definition) is 7. The summed E-state index contributed by atoms with van der Waals surface area (Å²) < 4.78 is 6.90. The van der Waals surface area contributed by atoms with Gasteiger partial charge in [-0.25, -0.2) is 0 Å². The Kier molecular flexibility index (Phi) is 4.59. The van der Waals surface area contributed by atoms with Crippen LogP contribution < -0.4 is 10.1 Å². The Hall–Kier alpha value is -3.20. The lowest BCUT2D eigenvalue weighted by molar-refractivity contribution is -0.118. The number of nitrogens with zero attached hydrogens (tertiary/aromatic N) is 4. The van der Waals surface area contributed by atoms with E-state index in [0.717, 1.165) is 11.3 Å². The van der Waals surface area contributed by atoms with E-state index in [4.69, 9.17) is 4.74 Å². The normalized spacial score (nSPS) is 12.9. The molecule has 1 aliphatic heterocycles. The Morgan fingerprint density at radius 2 is 2.07 bits per heavy atom. The highest BCUT2D eigenvalue weighted by Gasteiger charge is 2.18. The molecule has 1 aliphatic rings. The quantitative estimate of drug-likeness (QED) is 0.535. The Morgan fingerprint density at radius 3 is 2.89 bits per heavy atom. The van der Waals surface area contributed by atoms with Gasteiger partial charge in [-0.15, -0.1) is 5.10 Å². The van der Waals surface area contributed by atoms with E-state index in [2.05, 4.69) is 20.8 Å². The molecule has 0 bridgehead atoms. The lowest BCUT2D eigenvalue weighted by Crippen LogP contribution is -2.25. The number of ketones is 1. The molecule has 2 heterocycles. The number of fused-ring (bicyclic) bond motifs is 1. The average Bonchev–Trinajstić information content (AvgIpc) is 3.14. The van der Waals surface area contributed by atoms with E-state index < -0.39 is 0 Å². The van der Waals surface area contributed by atoms with Crippen molar-refractivity contribution in [2.45, 2.75) is 12.1 Å². The molecule has 0 saturated carbocycles. The Bertz CT molecular complexity index is 1020. The number of thioether (sulfide) groups is 1. The van der Waals surface area contributed by atoms with Crippen molar-refractivity contribution in [2.24, 2.45) is 0 Å². The van der Waals surface area contributed by atoms with Crippen LogP contribution in [0.3, 0.4) is 0 Å². The van der Waals surface area contributed by atoms with E-state index in [9.17, 15) is 9.59 Å². The summed E-state index contributed by atoms with van der Waals surface area (Å²) in [6, 6.07) is 12.8. The van der Waals surface area contributed by atoms with Crippen LogP contribution in [0.25, 0.3) is 5.69 Å². The second-order valence-corrected chi connectivity index (χ2v) is 6.91. The van der Waals surface area contributed by atoms with Crippen LogP contribution >= 0.6 is 11.8 Å². The van der Waals surface area contributed by atoms with E-state index in [0.29, 0.717) is 22.2 Å². The minimum Gasteiger partial charge on any atom is -0.482 e. The molecule has 27 heavy (non-hydrogen) atoms. The molecule has 0 saturated heterocycles. The molecule has 3 aromatic rings. The standard InChI is InChI=1S/C18H15N5O3S/c1-11-2-5-13(6-3-11)23-18(20-21-22-23)27-10-15(24)12-4-7-16-14(8-12)19-17(25)9-26-16/h2-8H,9-10H2,1H3,(H,19,25). The third kappa shape index (κ3) is 3.68. The molecule has 2 aromatic carbocycles. The molecule has 0 spiro atoms. The van der Waals surface area contributed by atoms with Crippen LogP contribution in [-0.2, 0) is 4.79 Å². The van der Waals surface area contributed by atoms with Crippen LogP contribution in [0.15, 0.2) is 47.6 Å². The van der Waals surface area contributed by atoms with E-state index in [1.165, 1.54) is 11.8 Å². The SMILES string of the molecule is Cc1ccc(-n2nnnc2SCC(=O)c2ccc3c(c2)NC(=O)CO3)cc1. The minimum atomic E-state index is -0.237. The fourth-order valence-corrected chi connectivity index (χ4v) is 3.37. The van der Waals surface area contributed by atoms with Crippen LogP contribution in [0.5, 0.6) is 5.75 Å². The van der Waals surface area contributed by atoms with Crippen molar-refractivity contribution in [1.29, 1.82) is 0 Å². The van der Waals surface area contributed by atoms with Crippen molar-refractivity contribution in [3.8, 4) is 11.4 Å². The summed E-state index contributed by atoms with van der Waals surface area (Å²) >= 11 is 1.25. The molecular formula is C18H15N5O3S. The number of benzene rings is 2. The van der Waals surface area contributed by atoms with Crippen LogP contribution in [0.1, 0.15) is 15.9 Å². The van der Waals surface area contributed by atoms with Gasteiger partial charge >= 0.3 is 0 Å². The highest BCUT2D eigenvalue weighted by Crippen LogP contribution is 2.29. The van der Waals surface area contributed by atoms with Crippen LogP contribution in [-0.4, -0.2) is 44.3 Å². The molecule has 0 radical (unpaired) electrons. The van der Waals surface area contributed by atoms with Crippen molar-refractivity contribution < 1.29 is 14.3 Å². The summed E-state index contributed by atoms with van der Waals surface area (Å²) in [6.07, 6.45) is 0. The number of aryl methyl sites for hydroxylation is 1. The zero-order valence-corrected chi connectivity index (χ0v) is 15.2. The van der Waals surface area contributed by atoms with Gasteiger partial charge < -0.3 is 10.1 Å². The molecule has 1 amide bonds. The minimum absolute atomic E-state index is 0.0161.